The average Bonchev–Trinajstić information content (AvgIpc) is 3.54. The molecule has 3 aromatic rings. The third kappa shape index (κ3) is 4.97. The van der Waals surface area contributed by atoms with Crippen LogP contribution in [0.15, 0.2) is 24.5 Å². The van der Waals surface area contributed by atoms with Gasteiger partial charge in [0.1, 0.15) is 41.8 Å². The maximum absolute atomic E-state index is 14.6. The minimum Gasteiger partial charge on any atom is -0.493 e. The van der Waals surface area contributed by atoms with E-state index in [0.29, 0.717) is 40.7 Å². The molecule has 1 saturated carbocycles. The molecule has 1 aromatic carbocycles. The molecule has 1 aliphatic heterocycles. The van der Waals surface area contributed by atoms with E-state index in [1.807, 2.05) is 0 Å². The summed E-state index contributed by atoms with van der Waals surface area (Å²) in [6, 6.07) is 2.54. The summed E-state index contributed by atoms with van der Waals surface area (Å²) in [5, 5.41) is 2.36. The highest BCUT2D eigenvalue weighted by molar-refractivity contribution is 6.09. The second-order valence-corrected chi connectivity index (χ2v) is 9.46. The van der Waals surface area contributed by atoms with Gasteiger partial charge in [0, 0.05) is 24.9 Å². The number of carbonyl (C=O) groups excluding carboxylic acids is 2. The van der Waals surface area contributed by atoms with Gasteiger partial charge < -0.3 is 24.7 Å². The van der Waals surface area contributed by atoms with Crippen molar-refractivity contribution in [1.82, 2.24) is 25.2 Å². The van der Waals surface area contributed by atoms with E-state index < -0.39 is 36.1 Å². The number of aromatic nitrogens is 3. The van der Waals surface area contributed by atoms with Gasteiger partial charge in [-0.1, -0.05) is 0 Å². The van der Waals surface area contributed by atoms with E-state index in [1.165, 1.54) is 31.6 Å². The van der Waals surface area contributed by atoms with Crippen molar-refractivity contribution in [1.29, 1.82) is 0 Å². The fourth-order valence-electron chi connectivity index (χ4n) is 4.48. The summed E-state index contributed by atoms with van der Waals surface area (Å²) in [6.07, 6.45) is 3.40. The molecule has 1 aliphatic carbocycles. The quantitative estimate of drug-likeness (QED) is 0.475. The number of methoxy groups -OCH3 is 1. The van der Waals surface area contributed by atoms with Crippen molar-refractivity contribution in [2.45, 2.75) is 31.7 Å². The normalized spacial score (nSPS) is 18.8. The number of likely N-dealkylation sites (tertiary alicyclic amines) is 1. The molecule has 3 heterocycles. The zero-order valence-electron chi connectivity index (χ0n) is 20.3. The monoisotopic (exact) mass is 517 g/mol. The fraction of sp³-hybridized carbons (Fsp3) is 0.440. The number of amides is 2. The number of aromatic amines is 1. The van der Waals surface area contributed by atoms with E-state index in [4.69, 9.17) is 9.47 Å². The van der Waals surface area contributed by atoms with Crippen LogP contribution in [0.1, 0.15) is 28.9 Å². The molecule has 0 spiro atoms. The molecule has 2 amide bonds. The van der Waals surface area contributed by atoms with Crippen LogP contribution in [0.3, 0.4) is 0 Å². The minimum absolute atomic E-state index is 0.0629. The smallest absolute Gasteiger partial charge is 0.286 e. The standard InChI is InChI=1S/C25H26F3N5O4/c1-13-20(24(35)32-18-8-33(11-25(18,27)28)19(34)10-36-2)22-23(31-13)21(29-12-30-22)16-7-15(26)5-6-17(16)37-9-14-3-4-14/h5-7,12,14,18,31H,3-4,8-11H2,1-2H3,(H,32,35). The number of benzene rings is 1. The van der Waals surface area contributed by atoms with Gasteiger partial charge in [-0.05, 0) is 43.9 Å². The van der Waals surface area contributed by atoms with E-state index in [9.17, 15) is 22.8 Å². The number of alkyl halides is 2. The largest absolute Gasteiger partial charge is 0.493 e. The van der Waals surface area contributed by atoms with Crippen molar-refractivity contribution in [3.8, 4) is 17.0 Å². The second-order valence-electron chi connectivity index (χ2n) is 9.46. The van der Waals surface area contributed by atoms with E-state index in [1.54, 1.807) is 6.92 Å². The third-order valence-electron chi connectivity index (χ3n) is 6.61. The molecule has 1 saturated heterocycles. The van der Waals surface area contributed by atoms with Gasteiger partial charge in [0.15, 0.2) is 0 Å². The average molecular weight is 518 g/mol. The highest BCUT2D eigenvalue weighted by Gasteiger charge is 2.50. The van der Waals surface area contributed by atoms with E-state index in [0.717, 1.165) is 17.7 Å². The number of hydrogen-bond donors (Lipinski definition) is 2. The first-order chi connectivity index (χ1) is 17.7. The molecule has 2 fully saturated rings. The SMILES string of the molecule is COCC(=O)N1CC(NC(=O)c2c(C)[nH]c3c(-c4cc(F)ccc4OCC4CC4)ncnc23)C(F)(F)C1. The zero-order chi connectivity index (χ0) is 26.3. The molecular weight excluding hydrogens is 491 g/mol. The number of nitrogens with zero attached hydrogens (tertiary/aromatic N) is 3. The Labute approximate surface area is 210 Å². The molecule has 196 valence electrons. The summed E-state index contributed by atoms with van der Waals surface area (Å²) in [7, 11) is 1.30. The maximum Gasteiger partial charge on any atom is 0.286 e. The Kier molecular flexibility index (Phi) is 6.52. The number of nitrogens with one attached hydrogen (secondary N) is 2. The lowest BCUT2D eigenvalue weighted by Crippen LogP contribution is -2.46. The van der Waals surface area contributed by atoms with Gasteiger partial charge in [-0.25, -0.2) is 23.1 Å². The number of aryl methyl sites for hydroxylation is 1. The third-order valence-corrected chi connectivity index (χ3v) is 6.61. The van der Waals surface area contributed by atoms with Gasteiger partial charge in [-0.15, -0.1) is 0 Å². The number of rotatable bonds is 8. The molecule has 37 heavy (non-hydrogen) atoms. The fourth-order valence-corrected chi connectivity index (χ4v) is 4.48. The molecule has 1 unspecified atom stereocenters. The number of ether oxygens (including phenoxy) is 2. The molecule has 12 heteroatoms. The summed E-state index contributed by atoms with van der Waals surface area (Å²) in [5.41, 5.74) is 1.69. The lowest BCUT2D eigenvalue weighted by molar-refractivity contribution is -0.135. The van der Waals surface area contributed by atoms with Crippen molar-refractivity contribution in [2.75, 3.05) is 33.4 Å². The Morgan fingerprint density at radius 2 is 2.05 bits per heavy atom. The number of fused-ring (bicyclic) bond motifs is 1. The summed E-state index contributed by atoms with van der Waals surface area (Å²) in [4.78, 5) is 37.8. The zero-order valence-corrected chi connectivity index (χ0v) is 20.3. The van der Waals surface area contributed by atoms with Gasteiger partial charge in [0.25, 0.3) is 11.8 Å². The van der Waals surface area contributed by atoms with Crippen molar-refractivity contribution >= 4 is 22.8 Å². The van der Waals surface area contributed by atoms with Crippen molar-refractivity contribution in [3.05, 3.63) is 41.6 Å². The number of hydrogen-bond acceptors (Lipinski definition) is 6. The van der Waals surface area contributed by atoms with Crippen LogP contribution in [0.25, 0.3) is 22.3 Å². The highest BCUT2D eigenvalue weighted by Crippen LogP contribution is 2.37. The molecule has 5 rings (SSSR count). The predicted octanol–water partition coefficient (Wildman–Crippen LogP) is 3.08. The van der Waals surface area contributed by atoms with Crippen molar-refractivity contribution in [2.24, 2.45) is 5.92 Å². The van der Waals surface area contributed by atoms with E-state index >= 15 is 0 Å². The molecular formula is C25H26F3N5O4. The van der Waals surface area contributed by atoms with Gasteiger partial charge in [-0.2, -0.15) is 0 Å². The minimum atomic E-state index is -3.32. The molecule has 0 bridgehead atoms. The van der Waals surface area contributed by atoms with Crippen molar-refractivity contribution < 1.29 is 32.2 Å². The topological polar surface area (TPSA) is 109 Å². The first-order valence-electron chi connectivity index (χ1n) is 11.9. The van der Waals surface area contributed by atoms with Crippen LogP contribution in [-0.2, 0) is 9.53 Å². The molecule has 2 aromatic heterocycles. The van der Waals surface area contributed by atoms with E-state index in [2.05, 4.69) is 20.3 Å². The Bertz CT molecular complexity index is 1360. The lowest BCUT2D eigenvalue weighted by Gasteiger charge is -2.18. The van der Waals surface area contributed by atoms with Crippen LogP contribution in [0.4, 0.5) is 13.2 Å². The second kappa shape index (κ2) is 9.66. The summed E-state index contributed by atoms with van der Waals surface area (Å²) >= 11 is 0. The maximum atomic E-state index is 14.6. The Morgan fingerprint density at radius 3 is 2.78 bits per heavy atom. The van der Waals surface area contributed by atoms with Gasteiger partial charge in [0.05, 0.1) is 24.2 Å². The molecule has 1 atom stereocenters. The van der Waals surface area contributed by atoms with Crippen molar-refractivity contribution in [3.63, 3.8) is 0 Å². The molecule has 9 nitrogen and oxygen atoms in total. The number of halogens is 3. The Balaban J connectivity index is 1.45. The van der Waals surface area contributed by atoms with Crippen LogP contribution < -0.4 is 10.1 Å². The van der Waals surface area contributed by atoms with Crippen LogP contribution >= 0.6 is 0 Å². The van der Waals surface area contributed by atoms with Gasteiger partial charge in [0.2, 0.25) is 5.91 Å². The summed E-state index contributed by atoms with van der Waals surface area (Å²) in [5.74, 6) is -4.26. The van der Waals surface area contributed by atoms with Crippen LogP contribution in [0, 0.1) is 18.7 Å². The van der Waals surface area contributed by atoms with Gasteiger partial charge in [-0.3, -0.25) is 9.59 Å². The lowest BCUT2D eigenvalue weighted by atomic mass is 10.1. The predicted molar refractivity (Wildman–Crippen MR) is 127 cm³/mol. The Hall–Kier alpha value is -3.67. The first-order valence-corrected chi connectivity index (χ1v) is 11.9. The van der Waals surface area contributed by atoms with Gasteiger partial charge >= 0.3 is 0 Å². The Morgan fingerprint density at radius 1 is 1.27 bits per heavy atom. The number of H-pyrrole nitrogens is 1. The molecule has 2 aliphatic rings. The molecule has 0 radical (unpaired) electrons. The first kappa shape index (κ1) is 25.0. The van der Waals surface area contributed by atoms with E-state index in [-0.39, 0.29) is 24.2 Å². The van der Waals surface area contributed by atoms with Crippen LogP contribution in [0.2, 0.25) is 0 Å². The summed E-state index contributed by atoms with van der Waals surface area (Å²) < 4.78 is 54.2. The number of carbonyl (C=O) groups is 2. The van der Waals surface area contributed by atoms with Crippen LogP contribution in [-0.4, -0.2) is 77.0 Å². The highest BCUT2D eigenvalue weighted by atomic mass is 19.3. The summed E-state index contributed by atoms with van der Waals surface area (Å²) in [6.45, 7) is 0.613. The van der Waals surface area contributed by atoms with Crippen LogP contribution in [0.5, 0.6) is 5.75 Å². The molecule has 2 N–H and O–H groups in total.